The second-order valence-corrected chi connectivity index (χ2v) is 7.94. The number of allylic oxidation sites excluding steroid dienone is 6. The molecule has 28 heavy (non-hydrogen) atoms. The monoisotopic (exact) mass is 441 g/mol. The molecule has 1 heterocycles. The van der Waals surface area contributed by atoms with E-state index in [1.807, 2.05) is 0 Å². The number of hydrogen-bond donors (Lipinski definition) is 0. The Morgan fingerprint density at radius 2 is 1.50 bits per heavy atom. The van der Waals surface area contributed by atoms with E-state index < -0.39 is 0 Å². The van der Waals surface area contributed by atoms with Crippen LogP contribution in [0.2, 0.25) is 0 Å². The van der Waals surface area contributed by atoms with Crippen LogP contribution >= 0.6 is 0 Å². The van der Waals surface area contributed by atoms with E-state index in [1.165, 1.54) is 47.6 Å². The Balaban J connectivity index is 0.00000392. The second kappa shape index (κ2) is 13.5. The van der Waals surface area contributed by atoms with Crippen molar-refractivity contribution >= 4 is 10.8 Å². The topological polar surface area (TPSA) is 3.88 Å². The molecule has 152 valence electrons. The first kappa shape index (κ1) is 24.4. The maximum atomic E-state index is 2.43. The summed E-state index contributed by atoms with van der Waals surface area (Å²) >= 11 is 0. The molecule has 1 aromatic heterocycles. The first-order valence-electron chi connectivity index (χ1n) is 10.4. The fourth-order valence-corrected chi connectivity index (χ4v) is 3.24. The summed E-state index contributed by atoms with van der Waals surface area (Å²) in [6.45, 7) is 9.85. The Morgan fingerprint density at radius 3 is 2.25 bits per heavy atom. The second-order valence-electron chi connectivity index (χ2n) is 7.94. The van der Waals surface area contributed by atoms with Crippen LogP contribution in [0.4, 0.5) is 0 Å². The van der Waals surface area contributed by atoms with Crippen molar-refractivity contribution in [2.45, 2.75) is 72.8 Å². The average molecular weight is 442 g/mol. The maximum absolute atomic E-state index is 2.43. The minimum atomic E-state index is 0. The zero-order chi connectivity index (χ0) is 19.5. The Morgan fingerprint density at radius 1 is 0.786 bits per heavy atom. The summed E-state index contributed by atoms with van der Waals surface area (Å²) in [5.41, 5.74) is 4.46. The molecule has 2 heteroatoms. The van der Waals surface area contributed by atoms with Crippen molar-refractivity contribution in [3.63, 3.8) is 0 Å². The molecular formula is C26H36BrN. The maximum Gasteiger partial charge on any atom is 0.176 e. The molecule has 0 unspecified atom stereocenters. The fraction of sp³-hybridized carbons (Fsp3) is 0.423. The Hall–Kier alpha value is -1.67. The molecular weight excluding hydrogens is 406 g/mol. The molecule has 0 atom stereocenters. The number of fused-ring (bicyclic) bond motifs is 1. The van der Waals surface area contributed by atoms with E-state index in [0.717, 1.165) is 19.4 Å². The first-order valence-corrected chi connectivity index (χ1v) is 10.4. The van der Waals surface area contributed by atoms with Gasteiger partial charge < -0.3 is 17.0 Å². The first-order chi connectivity index (χ1) is 13.0. The highest BCUT2D eigenvalue weighted by molar-refractivity contribution is 5.80. The minimum Gasteiger partial charge on any atom is -1.00 e. The van der Waals surface area contributed by atoms with Gasteiger partial charge in [-0.05, 0) is 83.7 Å². The Labute approximate surface area is 182 Å². The van der Waals surface area contributed by atoms with Gasteiger partial charge in [-0.2, -0.15) is 0 Å². The molecule has 0 N–H and O–H groups in total. The third-order valence-electron chi connectivity index (χ3n) is 5.01. The molecule has 0 amide bonds. The van der Waals surface area contributed by atoms with Gasteiger partial charge in [0, 0.05) is 11.5 Å². The zero-order valence-corrected chi connectivity index (χ0v) is 19.6. The van der Waals surface area contributed by atoms with Gasteiger partial charge in [0.05, 0.1) is 0 Å². The Kier molecular flexibility index (Phi) is 11.7. The van der Waals surface area contributed by atoms with Gasteiger partial charge in [0.1, 0.15) is 0 Å². The highest BCUT2D eigenvalue weighted by Crippen LogP contribution is 2.13. The van der Waals surface area contributed by atoms with Crippen molar-refractivity contribution in [2.75, 3.05) is 0 Å². The van der Waals surface area contributed by atoms with Crippen LogP contribution in [0.1, 0.15) is 66.2 Å². The lowest BCUT2D eigenvalue weighted by Gasteiger charge is -2.02. The van der Waals surface area contributed by atoms with E-state index in [2.05, 4.69) is 93.2 Å². The summed E-state index contributed by atoms with van der Waals surface area (Å²) in [6.07, 6.45) is 18.9. The van der Waals surface area contributed by atoms with E-state index >= 15 is 0 Å². The molecule has 1 aromatic carbocycles. The molecule has 0 fully saturated rings. The number of aromatic nitrogens is 1. The number of nitrogens with zero attached hydrogens (tertiary/aromatic N) is 1. The zero-order valence-electron chi connectivity index (χ0n) is 18.0. The third kappa shape index (κ3) is 9.50. The minimum absolute atomic E-state index is 0. The third-order valence-corrected chi connectivity index (χ3v) is 5.01. The molecule has 0 saturated heterocycles. The largest absolute Gasteiger partial charge is 1.00 e. The van der Waals surface area contributed by atoms with Crippen molar-refractivity contribution in [2.24, 2.45) is 0 Å². The van der Waals surface area contributed by atoms with Crippen molar-refractivity contribution in [1.29, 1.82) is 0 Å². The van der Waals surface area contributed by atoms with Crippen molar-refractivity contribution < 1.29 is 21.5 Å². The average Bonchev–Trinajstić information content (AvgIpc) is 2.65. The summed E-state index contributed by atoms with van der Waals surface area (Å²) in [7, 11) is 0. The van der Waals surface area contributed by atoms with Crippen molar-refractivity contribution in [3.05, 3.63) is 77.7 Å². The lowest BCUT2D eigenvalue weighted by Crippen LogP contribution is -3.00. The molecule has 0 bridgehead atoms. The molecule has 0 aliphatic carbocycles. The number of halogens is 1. The number of pyridine rings is 1. The van der Waals surface area contributed by atoms with Crippen LogP contribution in [0.5, 0.6) is 0 Å². The lowest BCUT2D eigenvalue weighted by molar-refractivity contribution is -0.685. The molecule has 0 aliphatic heterocycles. The van der Waals surface area contributed by atoms with Crippen LogP contribution in [0.3, 0.4) is 0 Å². The predicted molar refractivity (Wildman–Crippen MR) is 119 cm³/mol. The van der Waals surface area contributed by atoms with Crippen LogP contribution in [0.15, 0.2) is 77.7 Å². The SMILES string of the molecule is CC(C)=CCCCC/C(C)=C/CC/C(C)=C/C[n+]1ccc2ccccc2c1.[Br-]. The summed E-state index contributed by atoms with van der Waals surface area (Å²) in [6, 6.07) is 10.7. The number of rotatable bonds is 10. The number of benzene rings is 1. The highest BCUT2D eigenvalue weighted by Gasteiger charge is 2.01. The molecule has 0 saturated carbocycles. The number of unbranched alkanes of at least 4 members (excludes halogenated alkanes) is 2. The number of hydrogen-bond acceptors (Lipinski definition) is 0. The van der Waals surface area contributed by atoms with E-state index in [9.17, 15) is 0 Å². The molecule has 0 aliphatic rings. The van der Waals surface area contributed by atoms with Crippen molar-refractivity contribution in [1.82, 2.24) is 0 Å². The molecule has 1 nitrogen and oxygen atoms in total. The lowest BCUT2D eigenvalue weighted by atomic mass is 10.0. The molecule has 2 aromatic rings. The normalized spacial score (nSPS) is 12.0. The summed E-state index contributed by atoms with van der Waals surface area (Å²) in [4.78, 5) is 0. The van der Waals surface area contributed by atoms with E-state index in [-0.39, 0.29) is 17.0 Å². The predicted octanol–water partition coefficient (Wildman–Crippen LogP) is 4.33. The van der Waals surface area contributed by atoms with Crippen LogP contribution in [0, 0.1) is 0 Å². The van der Waals surface area contributed by atoms with E-state index in [0.29, 0.717) is 0 Å². The van der Waals surface area contributed by atoms with Crippen LogP contribution in [0.25, 0.3) is 10.8 Å². The summed E-state index contributed by atoms with van der Waals surface area (Å²) in [5, 5.41) is 2.60. The fourth-order valence-electron chi connectivity index (χ4n) is 3.24. The molecule has 0 spiro atoms. The van der Waals surface area contributed by atoms with Gasteiger partial charge in [-0.15, -0.1) is 0 Å². The molecule has 0 radical (unpaired) electrons. The quantitative estimate of drug-likeness (QED) is 0.293. The van der Waals surface area contributed by atoms with Gasteiger partial charge in [0.2, 0.25) is 0 Å². The highest BCUT2D eigenvalue weighted by atomic mass is 79.9. The standard InChI is InChI=1S/C26H36N.BrH/c1-22(2)11-6-5-7-12-23(3)13-10-14-24(4)17-19-27-20-18-25-15-8-9-16-26(25)21-27;/h8-9,11,13,15-18,20-21H,5-7,10,12,14,19H2,1-4H3;1H/q+1;/p-1/b23-13+,24-17+;. The van der Waals surface area contributed by atoms with Gasteiger partial charge in [-0.3, -0.25) is 0 Å². The van der Waals surface area contributed by atoms with Gasteiger partial charge >= 0.3 is 0 Å². The molecule has 2 rings (SSSR count). The van der Waals surface area contributed by atoms with Crippen LogP contribution in [-0.2, 0) is 6.54 Å². The van der Waals surface area contributed by atoms with Crippen LogP contribution < -0.4 is 21.5 Å². The van der Waals surface area contributed by atoms with Crippen molar-refractivity contribution in [3.8, 4) is 0 Å². The van der Waals surface area contributed by atoms with E-state index in [1.54, 1.807) is 5.57 Å². The summed E-state index contributed by atoms with van der Waals surface area (Å²) in [5.74, 6) is 0. The smallest absolute Gasteiger partial charge is 0.176 e. The van der Waals surface area contributed by atoms with Gasteiger partial charge in [0.25, 0.3) is 0 Å². The Bertz CT molecular complexity index is 810. The summed E-state index contributed by atoms with van der Waals surface area (Å²) < 4.78 is 2.26. The van der Waals surface area contributed by atoms with Crippen LogP contribution in [-0.4, -0.2) is 0 Å². The van der Waals surface area contributed by atoms with Gasteiger partial charge in [-0.1, -0.05) is 47.1 Å². The van der Waals surface area contributed by atoms with Gasteiger partial charge in [-0.25, -0.2) is 4.57 Å². The van der Waals surface area contributed by atoms with Gasteiger partial charge in [0.15, 0.2) is 18.9 Å². The van der Waals surface area contributed by atoms with E-state index in [4.69, 9.17) is 0 Å².